The number of hydrogen-bond acceptors (Lipinski definition) is 5. The number of hydrogen-bond donors (Lipinski definition) is 2. The number of rotatable bonds is 4. The average molecular weight is 294 g/mol. The molecule has 0 aromatic heterocycles. The Morgan fingerprint density at radius 1 is 1.29 bits per heavy atom. The predicted octanol–water partition coefficient (Wildman–Crippen LogP) is 2.85. The van der Waals surface area contributed by atoms with Crippen molar-refractivity contribution in [2.24, 2.45) is 0 Å². The highest BCUT2D eigenvalue weighted by atomic mass is 16.6. The van der Waals surface area contributed by atoms with E-state index in [1.165, 1.54) is 0 Å². The standard InChI is InChI=1S/C15H22N2O4/c1-15(2,3)21-14(18)17-12-6-5-11(19-4)7-13(12)16-10-8-20-9-10/h5-7,10,16H,8-9H2,1-4H3,(H,17,18). The van der Waals surface area contributed by atoms with Crippen molar-refractivity contribution in [2.45, 2.75) is 32.4 Å². The lowest BCUT2D eigenvalue weighted by Crippen LogP contribution is -2.40. The van der Waals surface area contributed by atoms with Gasteiger partial charge in [0, 0.05) is 6.07 Å². The molecule has 0 bridgehead atoms. The van der Waals surface area contributed by atoms with Crippen LogP contribution in [0.2, 0.25) is 0 Å². The van der Waals surface area contributed by atoms with Gasteiger partial charge in [0.2, 0.25) is 0 Å². The van der Waals surface area contributed by atoms with Gasteiger partial charge in [0.25, 0.3) is 0 Å². The van der Waals surface area contributed by atoms with Crippen LogP contribution >= 0.6 is 0 Å². The Kier molecular flexibility index (Phi) is 4.57. The van der Waals surface area contributed by atoms with Gasteiger partial charge in [-0.3, -0.25) is 5.32 Å². The van der Waals surface area contributed by atoms with E-state index in [4.69, 9.17) is 14.2 Å². The Morgan fingerprint density at radius 3 is 2.52 bits per heavy atom. The molecule has 0 saturated carbocycles. The van der Waals surface area contributed by atoms with E-state index in [9.17, 15) is 4.79 Å². The summed E-state index contributed by atoms with van der Waals surface area (Å²) in [7, 11) is 1.60. The van der Waals surface area contributed by atoms with Crippen LogP contribution in [0.25, 0.3) is 0 Å². The van der Waals surface area contributed by atoms with Crippen molar-refractivity contribution in [3.8, 4) is 5.75 Å². The van der Waals surface area contributed by atoms with Crippen LogP contribution in [0.4, 0.5) is 16.2 Å². The predicted molar refractivity (Wildman–Crippen MR) is 81.1 cm³/mol. The molecule has 1 saturated heterocycles. The number of nitrogens with one attached hydrogen (secondary N) is 2. The van der Waals surface area contributed by atoms with Crippen LogP contribution in [0.1, 0.15) is 20.8 Å². The first-order chi connectivity index (χ1) is 9.87. The molecular weight excluding hydrogens is 272 g/mol. The van der Waals surface area contributed by atoms with Crippen LogP contribution < -0.4 is 15.4 Å². The van der Waals surface area contributed by atoms with Crippen LogP contribution in [0, 0.1) is 0 Å². The molecule has 0 aliphatic carbocycles. The molecule has 2 rings (SSSR count). The van der Waals surface area contributed by atoms with E-state index >= 15 is 0 Å². The highest BCUT2D eigenvalue weighted by Crippen LogP contribution is 2.29. The molecule has 0 unspecified atom stereocenters. The minimum Gasteiger partial charge on any atom is -0.497 e. The average Bonchev–Trinajstić information content (AvgIpc) is 2.33. The Labute approximate surface area is 124 Å². The minimum atomic E-state index is -0.536. The Hall–Kier alpha value is -1.95. The first-order valence-corrected chi connectivity index (χ1v) is 6.90. The van der Waals surface area contributed by atoms with Gasteiger partial charge in [-0.25, -0.2) is 4.79 Å². The van der Waals surface area contributed by atoms with E-state index in [1.54, 1.807) is 19.2 Å². The van der Waals surface area contributed by atoms with Crippen molar-refractivity contribution in [3.05, 3.63) is 18.2 Å². The fraction of sp³-hybridized carbons (Fsp3) is 0.533. The molecular formula is C15H22N2O4. The van der Waals surface area contributed by atoms with Crippen LogP contribution in [0.5, 0.6) is 5.75 Å². The van der Waals surface area contributed by atoms with Crippen molar-refractivity contribution in [3.63, 3.8) is 0 Å². The summed E-state index contributed by atoms with van der Waals surface area (Å²) < 4.78 is 15.6. The second kappa shape index (κ2) is 6.22. The molecule has 2 N–H and O–H groups in total. The second-order valence-corrected chi connectivity index (χ2v) is 5.92. The third kappa shape index (κ3) is 4.53. The summed E-state index contributed by atoms with van der Waals surface area (Å²) in [6.45, 7) is 6.79. The fourth-order valence-corrected chi connectivity index (χ4v) is 1.83. The number of amides is 1. The van der Waals surface area contributed by atoms with Crippen LogP contribution in [0.3, 0.4) is 0 Å². The molecule has 21 heavy (non-hydrogen) atoms. The van der Waals surface area contributed by atoms with Crippen molar-refractivity contribution >= 4 is 17.5 Å². The highest BCUT2D eigenvalue weighted by Gasteiger charge is 2.21. The van der Waals surface area contributed by atoms with Crippen molar-refractivity contribution in [1.82, 2.24) is 0 Å². The van der Waals surface area contributed by atoms with Crippen LogP contribution in [-0.4, -0.2) is 38.1 Å². The lowest BCUT2D eigenvalue weighted by atomic mass is 10.2. The topological polar surface area (TPSA) is 68.8 Å². The van der Waals surface area contributed by atoms with Gasteiger partial charge in [-0.05, 0) is 32.9 Å². The van der Waals surface area contributed by atoms with Gasteiger partial charge in [0.1, 0.15) is 11.4 Å². The lowest BCUT2D eigenvalue weighted by molar-refractivity contribution is 0.0211. The van der Waals surface area contributed by atoms with E-state index in [2.05, 4.69) is 10.6 Å². The molecule has 116 valence electrons. The summed E-state index contributed by atoms with van der Waals surface area (Å²) in [6, 6.07) is 5.65. The van der Waals surface area contributed by atoms with Crippen molar-refractivity contribution < 1.29 is 19.0 Å². The number of ether oxygens (including phenoxy) is 3. The summed E-state index contributed by atoms with van der Waals surface area (Å²) >= 11 is 0. The third-order valence-corrected chi connectivity index (χ3v) is 2.86. The largest absolute Gasteiger partial charge is 0.497 e. The first kappa shape index (κ1) is 15.4. The summed E-state index contributed by atoms with van der Waals surface area (Å²) in [4.78, 5) is 11.9. The van der Waals surface area contributed by atoms with Crippen molar-refractivity contribution in [2.75, 3.05) is 31.0 Å². The molecule has 1 aliphatic rings. The van der Waals surface area contributed by atoms with Crippen molar-refractivity contribution in [1.29, 1.82) is 0 Å². The fourth-order valence-electron chi connectivity index (χ4n) is 1.83. The number of carbonyl (C=O) groups excluding carboxylic acids is 1. The number of benzene rings is 1. The maximum absolute atomic E-state index is 11.9. The number of anilines is 2. The summed E-state index contributed by atoms with van der Waals surface area (Å²) in [6.07, 6.45) is -0.486. The monoisotopic (exact) mass is 294 g/mol. The molecule has 1 fully saturated rings. The van der Waals surface area contributed by atoms with E-state index in [1.807, 2.05) is 26.8 Å². The van der Waals surface area contributed by atoms with Gasteiger partial charge in [-0.2, -0.15) is 0 Å². The van der Waals surface area contributed by atoms with Gasteiger partial charge in [0.15, 0.2) is 0 Å². The number of methoxy groups -OCH3 is 1. The molecule has 6 nitrogen and oxygen atoms in total. The van der Waals surface area contributed by atoms with E-state index in [-0.39, 0.29) is 6.04 Å². The van der Waals surface area contributed by atoms with Gasteiger partial charge < -0.3 is 19.5 Å². The maximum atomic E-state index is 11.9. The summed E-state index contributed by atoms with van der Waals surface area (Å²) in [5.74, 6) is 0.715. The van der Waals surface area contributed by atoms with Crippen LogP contribution in [0.15, 0.2) is 18.2 Å². The molecule has 1 amide bonds. The van der Waals surface area contributed by atoms with Crippen LogP contribution in [-0.2, 0) is 9.47 Å². The third-order valence-electron chi connectivity index (χ3n) is 2.86. The first-order valence-electron chi connectivity index (χ1n) is 6.90. The molecule has 6 heteroatoms. The molecule has 0 atom stereocenters. The zero-order valence-corrected chi connectivity index (χ0v) is 12.9. The van der Waals surface area contributed by atoms with Gasteiger partial charge in [0.05, 0.1) is 37.7 Å². The highest BCUT2D eigenvalue weighted by molar-refractivity contribution is 5.90. The minimum absolute atomic E-state index is 0.247. The summed E-state index contributed by atoms with van der Waals surface area (Å²) in [5, 5.41) is 6.07. The van der Waals surface area contributed by atoms with E-state index in [0.717, 1.165) is 5.69 Å². The SMILES string of the molecule is COc1ccc(NC(=O)OC(C)(C)C)c(NC2COC2)c1. The molecule has 0 radical (unpaired) electrons. The molecule has 0 spiro atoms. The lowest BCUT2D eigenvalue weighted by Gasteiger charge is -2.29. The zero-order valence-electron chi connectivity index (χ0n) is 12.9. The molecule has 1 aliphatic heterocycles. The quantitative estimate of drug-likeness (QED) is 0.893. The number of carbonyl (C=O) groups is 1. The summed E-state index contributed by atoms with van der Waals surface area (Å²) in [5.41, 5.74) is 0.900. The second-order valence-electron chi connectivity index (χ2n) is 5.92. The van der Waals surface area contributed by atoms with Gasteiger partial charge >= 0.3 is 6.09 Å². The normalized spacial score (nSPS) is 15.0. The molecule has 1 aromatic rings. The maximum Gasteiger partial charge on any atom is 0.412 e. The molecule has 1 heterocycles. The Morgan fingerprint density at radius 2 is 2.00 bits per heavy atom. The Bertz CT molecular complexity index is 507. The molecule has 1 aromatic carbocycles. The smallest absolute Gasteiger partial charge is 0.412 e. The van der Waals surface area contributed by atoms with E-state index < -0.39 is 11.7 Å². The van der Waals surface area contributed by atoms with E-state index in [0.29, 0.717) is 24.7 Å². The van der Waals surface area contributed by atoms with Gasteiger partial charge in [-0.15, -0.1) is 0 Å². The zero-order chi connectivity index (χ0) is 15.5. The van der Waals surface area contributed by atoms with Gasteiger partial charge in [-0.1, -0.05) is 0 Å². The Balaban J connectivity index is 2.11.